The molecule has 0 atom stereocenters. The van der Waals surface area contributed by atoms with E-state index in [1.165, 1.54) is 18.2 Å². The van der Waals surface area contributed by atoms with E-state index in [1.54, 1.807) is 0 Å². The number of halogens is 2. The van der Waals surface area contributed by atoms with Crippen LogP contribution in [0.15, 0.2) is 36.4 Å². The van der Waals surface area contributed by atoms with Crippen molar-refractivity contribution in [1.82, 2.24) is 0 Å². The van der Waals surface area contributed by atoms with E-state index in [0.29, 0.717) is 0 Å². The van der Waals surface area contributed by atoms with Crippen molar-refractivity contribution in [3.8, 4) is 0 Å². The Hall–Kier alpha value is -3.07. The number of carbonyl (C=O) groups excluding carboxylic acids is 1. The first kappa shape index (κ1) is 16.3. The standard InChI is InChI=1S/C13H7ClFN3O5/c14-12-10(17(20)21)5-7(6-11(12)18(22)23)13(19)16-9-4-2-1-3-8(9)15/h1-6H,(H,16,19). The average Bonchev–Trinajstić information content (AvgIpc) is 2.49. The summed E-state index contributed by atoms with van der Waals surface area (Å²) < 4.78 is 13.5. The number of nitrogens with zero attached hydrogens (tertiary/aromatic N) is 2. The van der Waals surface area contributed by atoms with Gasteiger partial charge in [0.2, 0.25) is 0 Å². The minimum Gasteiger partial charge on any atom is -0.319 e. The van der Waals surface area contributed by atoms with Gasteiger partial charge in [0.25, 0.3) is 17.3 Å². The molecule has 0 aromatic heterocycles. The smallest absolute Gasteiger partial charge is 0.295 e. The molecular weight excluding hydrogens is 333 g/mol. The minimum absolute atomic E-state index is 0.169. The summed E-state index contributed by atoms with van der Waals surface area (Å²) in [4.78, 5) is 31.9. The molecular formula is C13H7ClFN3O5. The second kappa shape index (κ2) is 6.36. The van der Waals surface area contributed by atoms with Crippen LogP contribution in [0.25, 0.3) is 0 Å². The summed E-state index contributed by atoms with van der Waals surface area (Å²) in [5.41, 5.74) is -2.15. The van der Waals surface area contributed by atoms with Gasteiger partial charge >= 0.3 is 0 Å². The summed E-state index contributed by atoms with van der Waals surface area (Å²) in [6.45, 7) is 0. The highest BCUT2D eigenvalue weighted by Crippen LogP contribution is 2.35. The third kappa shape index (κ3) is 3.40. The summed E-state index contributed by atoms with van der Waals surface area (Å²) in [7, 11) is 0. The molecule has 2 aromatic carbocycles. The monoisotopic (exact) mass is 339 g/mol. The highest BCUT2D eigenvalue weighted by molar-refractivity contribution is 6.35. The molecule has 0 heterocycles. The van der Waals surface area contributed by atoms with Gasteiger partial charge in [0.1, 0.15) is 5.82 Å². The number of nitro groups is 2. The minimum atomic E-state index is -0.949. The van der Waals surface area contributed by atoms with Crippen LogP contribution in [0.4, 0.5) is 21.5 Å². The van der Waals surface area contributed by atoms with Gasteiger partial charge in [0.15, 0.2) is 5.02 Å². The molecule has 0 aliphatic rings. The third-order valence-corrected chi connectivity index (χ3v) is 3.20. The molecule has 0 radical (unpaired) electrons. The van der Waals surface area contributed by atoms with Crippen LogP contribution in [0.5, 0.6) is 0 Å². The molecule has 23 heavy (non-hydrogen) atoms. The van der Waals surface area contributed by atoms with Crippen molar-refractivity contribution in [2.45, 2.75) is 0 Å². The van der Waals surface area contributed by atoms with Gasteiger partial charge in [-0.15, -0.1) is 0 Å². The van der Waals surface area contributed by atoms with Crippen LogP contribution in [-0.2, 0) is 0 Å². The van der Waals surface area contributed by atoms with Crippen LogP contribution in [0, 0.1) is 26.0 Å². The normalized spacial score (nSPS) is 10.2. The maximum atomic E-state index is 13.5. The van der Waals surface area contributed by atoms with Crippen LogP contribution in [0.2, 0.25) is 5.02 Å². The van der Waals surface area contributed by atoms with E-state index >= 15 is 0 Å². The van der Waals surface area contributed by atoms with E-state index in [-0.39, 0.29) is 5.69 Å². The molecule has 8 nitrogen and oxygen atoms in total. The zero-order chi connectivity index (χ0) is 17.1. The molecule has 0 aliphatic heterocycles. The molecule has 0 saturated carbocycles. The predicted molar refractivity (Wildman–Crippen MR) is 79.1 cm³/mol. The number of hydrogen-bond donors (Lipinski definition) is 1. The third-order valence-electron chi connectivity index (χ3n) is 2.81. The Bertz CT molecular complexity index is 792. The van der Waals surface area contributed by atoms with Crippen molar-refractivity contribution in [3.63, 3.8) is 0 Å². The number of nitrogens with one attached hydrogen (secondary N) is 1. The Morgan fingerprint density at radius 1 is 1.09 bits per heavy atom. The van der Waals surface area contributed by atoms with Crippen LogP contribution in [0.1, 0.15) is 10.4 Å². The highest BCUT2D eigenvalue weighted by Gasteiger charge is 2.27. The van der Waals surface area contributed by atoms with E-state index < -0.39 is 43.5 Å². The van der Waals surface area contributed by atoms with Gasteiger partial charge in [0.05, 0.1) is 21.1 Å². The fraction of sp³-hybridized carbons (Fsp3) is 0. The first-order valence-corrected chi connectivity index (χ1v) is 6.37. The second-order valence-corrected chi connectivity index (χ2v) is 4.65. The first-order chi connectivity index (χ1) is 10.8. The lowest BCUT2D eigenvalue weighted by Gasteiger charge is -2.07. The van der Waals surface area contributed by atoms with Gasteiger partial charge in [-0.1, -0.05) is 23.7 Å². The van der Waals surface area contributed by atoms with Gasteiger partial charge in [0, 0.05) is 12.1 Å². The lowest BCUT2D eigenvalue weighted by atomic mass is 10.1. The number of amides is 1. The van der Waals surface area contributed by atoms with Crippen LogP contribution < -0.4 is 5.32 Å². The largest absolute Gasteiger partial charge is 0.319 e. The SMILES string of the molecule is O=C(Nc1ccccc1F)c1cc([N+](=O)[O-])c(Cl)c([N+](=O)[O-])c1. The van der Waals surface area contributed by atoms with E-state index in [9.17, 15) is 29.4 Å². The molecule has 118 valence electrons. The predicted octanol–water partition coefficient (Wildman–Crippen LogP) is 3.55. The molecule has 1 amide bonds. The van der Waals surface area contributed by atoms with E-state index in [4.69, 9.17) is 11.6 Å². The maximum Gasteiger partial charge on any atom is 0.295 e. The van der Waals surface area contributed by atoms with Gasteiger partial charge in [-0.05, 0) is 12.1 Å². The van der Waals surface area contributed by atoms with Crippen molar-refractivity contribution in [1.29, 1.82) is 0 Å². The van der Waals surface area contributed by atoms with Crippen LogP contribution in [0.3, 0.4) is 0 Å². The van der Waals surface area contributed by atoms with E-state index in [1.807, 2.05) is 0 Å². The van der Waals surface area contributed by atoms with Crippen molar-refractivity contribution >= 4 is 34.6 Å². The van der Waals surface area contributed by atoms with Crippen LogP contribution >= 0.6 is 11.6 Å². The number of hydrogen-bond acceptors (Lipinski definition) is 5. The molecule has 2 aromatic rings. The second-order valence-electron chi connectivity index (χ2n) is 4.28. The molecule has 0 fully saturated rings. The van der Waals surface area contributed by atoms with Crippen molar-refractivity contribution < 1.29 is 19.0 Å². The number of benzene rings is 2. The topological polar surface area (TPSA) is 115 Å². The summed E-state index contributed by atoms with van der Waals surface area (Å²) in [5, 5.41) is 23.3. The lowest BCUT2D eigenvalue weighted by molar-refractivity contribution is -0.393. The molecule has 10 heteroatoms. The molecule has 0 bridgehead atoms. The molecule has 1 N–H and O–H groups in total. The van der Waals surface area contributed by atoms with Gasteiger partial charge < -0.3 is 5.32 Å². The molecule has 0 spiro atoms. The fourth-order valence-corrected chi connectivity index (χ4v) is 2.00. The Morgan fingerprint density at radius 3 is 2.09 bits per heavy atom. The van der Waals surface area contributed by atoms with Gasteiger partial charge in [-0.2, -0.15) is 0 Å². The van der Waals surface area contributed by atoms with E-state index in [2.05, 4.69) is 5.32 Å². The quantitative estimate of drug-likeness (QED) is 0.675. The number of anilines is 1. The summed E-state index contributed by atoms with van der Waals surface area (Å²) >= 11 is 5.59. The Morgan fingerprint density at radius 2 is 1.61 bits per heavy atom. The number of carbonyl (C=O) groups is 1. The Kier molecular flexibility index (Phi) is 4.51. The molecule has 0 unspecified atom stereocenters. The number of rotatable bonds is 4. The summed E-state index contributed by atoms with van der Waals surface area (Å²) in [6, 6.07) is 6.81. The molecule has 0 saturated heterocycles. The number of para-hydroxylation sites is 1. The van der Waals surface area contributed by atoms with E-state index in [0.717, 1.165) is 18.2 Å². The summed E-state index contributed by atoms with van der Waals surface area (Å²) in [5.74, 6) is -1.67. The van der Waals surface area contributed by atoms with Gasteiger partial charge in [-0.3, -0.25) is 25.0 Å². The first-order valence-electron chi connectivity index (χ1n) is 5.99. The Balaban J connectivity index is 2.46. The number of nitro benzene ring substituents is 2. The zero-order valence-electron chi connectivity index (χ0n) is 11.2. The fourth-order valence-electron chi connectivity index (χ4n) is 1.75. The maximum absolute atomic E-state index is 13.5. The van der Waals surface area contributed by atoms with Crippen molar-refractivity contribution in [2.75, 3.05) is 5.32 Å². The van der Waals surface area contributed by atoms with Crippen molar-refractivity contribution in [3.05, 3.63) is 73.0 Å². The molecule has 2 rings (SSSR count). The zero-order valence-corrected chi connectivity index (χ0v) is 11.9. The van der Waals surface area contributed by atoms with Crippen molar-refractivity contribution in [2.24, 2.45) is 0 Å². The molecule has 0 aliphatic carbocycles. The van der Waals surface area contributed by atoms with Gasteiger partial charge in [-0.25, -0.2) is 4.39 Å². The Labute approximate surface area is 132 Å². The highest BCUT2D eigenvalue weighted by atomic mass is 35.5. The summed E-state index contributed by atoms with van der Waals surface area (Å²) in [6.07, 6.45) is 0. The average molecular weight is 340 g/mol. The van der Waals surface area contributed by atoms with Crippen LogP contribution in [-0.4, -0.2) is 15.8 Å². The lowest BCUT2D eigenvalue weighted by Crippen LogP contribution is -2.14.